The van der Waals surface area contributed by atoms with Crippen LogP contribution in [0.15, 0.2) is 0 Å². The predicted molar refractivity (Wildman–Crippen MR) is 60.9 cm³/mol. The van der Waals surface area contributed by atoms with Crippen molar-refractivity contribution in [1.29, 1.82) is 0 Å². The lowest BCUT2D eigenvalue weighted by atomic mass is 9.83. The fraction of sp³-hybridized carbons (Fsp3) is 0.917. The average Bonchev–Trinajstić information content (AvgIpc) is 2.12. The van der Waals surface area contributed by atoms with Gasteiger partial charge in [-0.1, -0.05) is 20.8 Å². The number of carboxylic acids is 1. The first-order valence-electron chi connectivity index (χ1n) is 5.90. The number of likely N-dealkylation sites (tertiary alicyclic amines) is 1. The second kappa shape index (κ2) is 4.97. The van der Waals surface area contributed by atoms with Gasteiger partial charge in [0.15, 0.2) is 0 Å². The normalized spacial score (nSPS) is 23.7. The molecule has 1 saturated heterocycles. The van der Waals surface area contributed by atoms with Crippen LogP contribution in [-0.2, 0) is 4.79 Å². The van der Waals surface area contributed by atoms with E-state index in [1.165, 1.54) is 12.8 Å². The molecule has 0 saturated carbocycles. The SMILES string of the molecule is CCC(CC(=O)O)N1CCCC(C)(C)C1. The lowest BCUT2D eigenvalue weighted by Crippen LogP contribution is -2.46. The van der Waals surface area contributed by atoms with Crippen LogP contribution in [0.5, 0.6) is 0 Å². The van der Waals surface area contributed by atoms with E-state index in [0.29, 0.717) is 5.41 Å². The molecule has 88 valence electrons. The molecule has 1 heterocycles. The van der Waals surface area contributed by atoms with Crippen LogP contribution >= 0.6 is 0 Å². The molecular formula is C12H23NO2. The number of carboxylic acid groups (broad SMARTS) is 1. The van der Waals surface area contributed by atoms with Gasteiger partial charge in [-0.05, 0) is 31.2 Å². The van der Waals surface area contributed by atoms with Crippen molar-refractivity contribution in [2.24, 2.45) is 5.41 Å². The summed E-state index contributed by atoms with van der Waals surface area (Å²) in [6, 6.07) is 0.224. The van der Waals surface area contributed by atoms with Gasteiger partial charge in [-0.15, -0.1) is 0 Å². The van der Waals surface area contributed by atoms with Crippen molar-refractivity contribution in [3.05, 3.63) is 0 Å². The summed E-state index contributed by atoms with van der Waals surface area (Å²) in [5.41, 5.74) is 0.351. The first kappa shape index (κ1) is 12.5. The number of piperidine rings is 1. The van der Waals surface area contributed by atoms with Gasteiger partial charge in [-0.2, -0.15) is 0 Å². The molecule has 0 aromatic rings. The van der Waals surface area contributed by atoms with Crippen LogP contribution in [-0.4, -0.2) is 35.1 Å². The molecule has 0 aliphatic carbocycles. The first-order chi connectivity index (χ1) is 6.94. The summed E-state index contributed by atoms with van der Waals surface area (Å²) in [5.74, 6) is -0.676. The molecule has 1 fully saturated rings. The minimum atomic E-state index is -0.676. The van der Waals surface area contributed by atoms with E-state index in [4.69, 9.17) is 5.11 Å². The minimum Gasteiger partial charge on any atom is -0.481 e. The fourth-order valence-corrected chi connectivity index (χ4v) is 2.51. The van der Waals surface area contributed by atoms with Gasteiger partial charge in [0.1, 0.15) is 0 Å². The van der Waals surface area contributed by atoms with Gasteiger partial charge in [-0.25, -0.2) is 0 Å². The van der Waals surface area contributed by atoms with Crippen LogP contribution in [0.3, 0.4) is 0 Å². The highest BCUT2D eigenvalue weighted by atomic mass is 16.4. The van der Waals surface area contributed by atoms with Crippen LogP contribution in [0.1, 0.15) is 46.5 Å². The molecule has 0 bridgehead atoms. The van der Waals surface area contributed by atoms with Crippen molar-refractivity contribution in [2.75, 3.05) is 13.1 Å². The van der Waals surface area contributed by atoms with Crippen LogP contribution in [0, 0.1) is 5.41 Å². The van der Waals surface area contributed by atoms with Crippen molar-refractivity contribution in [1.82, 2.24) is 4.90 Å². The Kier molecular flexibility index (Phi) is 4.14. The number of aliphatic carboxylic acids is 1. The Morgan fingerprint density at radius 3 is 2.67 bits per heavy atom. The van der Waals surface area contributed by atoms with Crippen molar-refractivity contribution in [3.63, 3.8) is 0 Å². The number of hydrogen-bond donors (Lipinski definition) is 1. The monoisotopic (exact) mass is 213 g/mol. The number of hydrogen-bond acceptors (Lipinski definition) is 2. The van der Waals surface area contributed by atoms with Gasteiger partial charge in [-0.3, -0.25) is 9.69 Å². The van der Waals surface area contributed by atoms with Crippen molar-refractivity contribution in [2.45, 2.75) is 52.5 Å². The largest absolute Gasteiger partial charge is 0.481 e. The quantitative estimate of drug-likeness (QED) is 0.779. The Bertz CT molecular complexity index is 226. The number of carbonyl (C=O) groups is 1. The van der Waals surface area contributed by atoms with Crippen LogP contribution in [0.2, 0.25) is 0 Å². The van der Waals surface area contributed by atoms with Crippen LogP contribution in [0.25, 0.3) is 0 Å². The molecule has 1 aliphatic heterocycles. The average molecular weight is 213 g/mol. The van der Waals surface area contributed by atoms with E-state index < -0.39 is 5.97 Å². The van der Waals surface area contributed by atoms with Gasteiger partial charge >= 0.3 is 5.97 Å². The summed E-state index contributed by atoms with van der Waals surface area (Å²) in [5, 5.41) is 8.85. The Morgan fingerprint density at radius 2 is 2.20 bits per heavy atom. The third-order valence-electron chi connectivity index (χ3n) is 3.33. The Balaban J connectivity index is 2.56. The highest BCUT2D eigenvalue weighted by Crippen LogP contribution is 2.30. The lowest BCUT2D eigenvalue weighted by molar-refractivity contribution is -0.138. The maximum absolute atomic E-state index is 10.7. The zero-order valence-electron chi connectivity index (χ0n) is 10.1. The van der Waals surface area contributed by atoms with Gasteiger partial charge in [0.2, 0.25) is 0 Å². The third-order valence-corrected chi connectivity index (χ3v) is 3.33. The molecule has 3 nitrogen and oxygen atoms in total. The second-order valence-corrected chi connectivity index (χ2v) is 5.40. The lowest BCUT2D eigenvalue weighted by Gasteiger charge is -2.41. The summed E-state index contributed by atoms with van der Waals surface area (Å²) in [6.07, 6.45) is 3.67. The summed E-state index contributed by atoms with van der Waals surface area (Å²) in [4.78, 5) is 13.1. The highest BCUT2D eigenvalue weighted by Gasteiger charge is 2.30. The molecule has 1 rings (SSSR count). The Morgan fingerprint density at radius 1 is 1.53 bits per heavy atom. The van der Waals surface area contributed by atoms with Crippen LogP contribution < -0.4 is 0 Å². The zero-order chi connectivity index (χ0) is 11.5. The third kappa shape index (κ3) is 3.82. The van der Waals surface area contributed by atoms with Gasteiger partial charge in [0.05, 0.1) is 6.42 Å². The van der Waals surface area contributed by atoms with E-state index in [1.54, 1.807) is 0 Å². The predicted octanol–water partition coefficient (Wildman–Crippen LogP) is 2.36. The number of nitrogens with zero attached hydrogens (tertiary/aromatic N) is 1. The van der Waals surface area contributed by atoms with E-state index in [0.717, 1.165) is 19.5 Å². The van der Waals surface area contributed by atoms with E-state index in [1.807, 2.05) is 0 Å². The van der Waals surface area contributed by atoms with Crippen molar-refractivity contribution < 1.29 is 9.90 Å². The van der Waals surface area contributed by atoms with Crippen molar-refractivity contribution >= 4 is 5.97 Å². The van der Waals surface area contributed by atoms with E-state index >= 15 is 0 Å². The molecular weight excluding hydrogens is 190 g/mol. The molecule has 0 aromatic carbocycles. The maximum Gasteiger partial charge on any atom is 0.304 e. The van der Waals surface area contributed by atoms with Gasteiger partial charge < -0.3 is 5.11 Å². The van der Waals surface area contributed by atoms with E-state index in [-0.39, 0.29) is 12.5 Å². The smallest absolute Gasteiger partial charge is 0.304 e. The summed E-state index contributed by atoms with van der Waals surface area (Å²) in [7, 11) is 0. The molecule has 0 aromatic heterocycles. The van der Waals surface area contributed by atoms with Gasteiger partial charge in [0, 0.05) is 12.6 Å². The van der Waals surface area contributed by atoms with Crippen LogP contribution in [0.4, 0.5) is 0 Å². The molecule has 3 heteroatoms. The molecule has 1 aliphatic rings. The molecule has 1 N–H and O–H groups in total. The topological polar surface area (TPSA) is 40.5 Å². The molecule has 15 heavy (non-hydrogen) atoms. The van der Waals surface area contributed by atoms with E-state index in [9.17, 15) is 4.79 Å². The standard InChI is InChI=1S/C12H23NO2/c1-4-10(8-11(14)15)13-7-5-6-12(2,3)9-13/h10H,4-9H2,1-3H3,(H,14,15). The molecule has 0 radical (unpaired) electrons. The molecule has 0 amide bonds. The first-order valence-corrected chi connectivity index (χ1v) is 5.90. The molecule has 1 unspecified atom stereocenters. The molecule has 0 spiro atoms. The summed E-state index contributed by atoms with van der Waals surface area (Å²) < 4.78 is 0. The summed E-state index contributed by atoms with van der Waals surface area (Å²) in [6.45, 7) is 8.72. The zero-order valence-corrected chi connectivity index (χ0v) is 10.1. The highest BCUT2D eigenvalue weighted by molar-refractivity contribution is 5.67. The fourth-order valence-electron chi connectivity index (χ4n) is 2.51. The van der Waals surface area contributed by atoms with E-state index in [2.05, 4.69) is 25.7 Å². The second-order valence-electron chi connectivity index (χ2n) is 5.40. The van der Waals surface area contributed by atoms with Gasteiger partial charge in [0.25, 0.3) is 0 Å². The number of rotatable bonds is 4. The van der Waals surface area contributed by atoms with Crippen molar-refractivity contribution in [3.8, 4) is 0 Å². The Labute approximate surface area is 92.5 Å². The Hall–Kier alpha value is -0.570. The maximum atomic E-state index is 10.7. The minimum absolute atomic E-state index is 0.224. The molecule has 1 atom stereocenters. The summed E-state index contributed by atoms with van der Waals surface area (Å²) >= 11 is 0.